The van der Waals surface area contributed by atoms with E-state index in [-0.39, 0.29) is 5.41 Å². The van der Waals surface area contributed by atoms with Crippen molar-refractivity contribution in [1.82, 2.24) is 0 Å². The Bertz CT molecular complexity index is 767. The highest BCUT2D eigenvalue weighted by Crippen LogP contribution is 2.40. The summed E-state index contributed by atoms with van der Waals surface area (Å²) in [6.45, 7) is 5.94. The van der Waals surface area contributed by atoms with Gasteiger partial charge in [0.2, 0.25) is 5.69 Å². The summed E-state index contributed by atoms with van der Waals surface area (Å²) in [6.07, 6.45) is 3.16. The number of benzene rings is 2. The summed E-state index contributed by atoms with van der Waals surface area (Å²) in [7, 11) is 0. The van der Waals surface area contributed by atoms with Gasteiger partial charge in [-0.3, -0.25) is 0 Å². The van der Waals surface area contributed by atoms with E-state index in [1.54, 1.807) is 0 Å². The Morgan fingerprint density at radius 3 is 2.81 bits per heavy atom. The number of rotatable bonds is 4. The van der Waals surface area contributed by atoms with E-state index in [0.717, 1.165) is 13.0 Å². The molecule has 0 aliphatic carbocycles. The topological polar surface area (TPSA) is 51.8 Å². The molecule has 0 amide bonds. The summed E-state index contributed by atoms with van der Waals surface area (Å²) >= 11 is 0. The van der Waals surface area contributed by atoms with E-state index in [1.165, 1.54) is 22.0 Å². The quantitative estimate of drug-likeness (QED) is 0.259. The van der Waals surface area contributed by atoms with Crippen molar-refractivity contribution in [2.75, 3.05) is 13.1 Å². The fourth-order valence-electron chi connectivity index (χ4n) is 3.24. The molecule has 0 saturated heterocycles. The van der Waals surface area contributed by atoms with Crippen LogP contribution in [0, 0.1) is 0 Å². The largest absolute Gasteiger partial charge is 0.209 e. The molecule has 0 N–H and O–H groups in total. The summed E-state index contributed by atoms with van der Waals surface area (Å²) < 4.78 is 2.30. The first-order valence-electron chi connectivity index (χ1n) is 7.29. The second-order valence-corrected chi connectivity index (χ2v) is 6.03. The van der Waals surface area contributed by atoms with Gasteiger partial charge in [0.25, 0.3) is 0 Å². The molecular weight excluding hydrogens is 260 g/mol. The van der Waals surface area contributed by atoms with Crippen LogP contribution in [-0.2, 0) is 5.41 Å². The van der Waals surface area contributed by atoms with E-state index in [0.29, 0.717) is 6.54 Å². The van der Waals surface area contributed by atoms with Gasteiger partial charge in [0, 0.05) is 29.5 Å². The molecule has 21 heavy (non-hydrogen) atoms. The van der Waals surface area contributed by atoms with Crippen LogP contribution in [0.5, 0.6) is 0 Å². The van der Waals surface area contributed by atoms with Crippen LogP contribution < -0.4 is 0 Å². The maximum absolute atomic E-state index is 8.35. The lowest BCUT2D eigenvalue weighted by Crippen LogP contribution is -2.17. The smallest absolute Gasteiger partial charge is 0.202 e. The highest BCUT2D eigenvalue weighted by Gasteiger charge is 2.38. The van der Waals surface area contributed by atoms with Crippen LogP contribution in [0.2, 0.25) is 0 Å². The Morgan fingerprint density at radius 2 is 2.00 bits per heavy atom. The monoisotopic (exact) mass is 279 g/mol. The molecule has 106 valence electrons. The van der Waals surface area contributed by atoms with Crippen LogP contribution in [-0.4, -0.2) is 23.9 Å². The van der Waals surface area contributed by atoms with Gasteiger partial charge in [0.1, 0.15) is 6.54 Å². The van der Waals surface area contributed by atoms with Crippen LogP contribution in [0.15, 0.2) is 41.5 Å². The molecule has 0 aromatic heterocycles. The fourth-order valence-corrected chi connectivity index (χ4v) is 3.24. The number of hydrogen-bond donors (Lipinski definition) is 0. The maximum Gasteiger partial charge on any atom is 0.209 e. The van der Waals surface area contributed by atoms with Gasteiger partial charge in [-0.2, -0.15) is 0 Å². The SMILES string of the molecule is CC1(C)C=[N+](CCCN=[N+]=[N-])c2ccc3ccccc3c21. The third kappa shape index (κ3) is 2.39. The number of fused-ring (bicyclic) bond motifs is 3. The Labute approximate surface area is 124 Å². The molecule has 1 aliphatic heterocycles. The van der Waals surface area contributed by atoms with Gasteiger partial charge >= 0.3 is 0 Å². The molecular formula is C17H19N4+. The van der Waals surface area contributed by atoms with Crippen molar-refractivity contribution in [3.8, 4) is 0 Å². The van der Waals surface area contributed by atoms with Crippen LogP contribution in [0.1, 0.15) is 25.8 Å². The zero-order valence-electron chi connectivity index (χ0n) is 12.5. The van der Waals surface area contributed by atoms with E-state index in [1.807, 2.05) is 0 Å². The average molecular weight is 279 g/mol. The molecule has 3 rings (SSSR count). The minimum Gasteiger partial charge on any atom is -0.202 e. The molecule has 1 heterocycles. The second kappa shape index (κ2) is 5.23. The molecule has 0 spiro atoms. The highest BCUT2D eigenvalue weighted by atomic mass is 15.1. The van der Waals surface area contributed by atoms with Gasteiger partial charge < -0.3 is 0 Å². The molecule has 0 unspecified atom stereocenters. The number of hydrogen-bond acceptors (Lipinski definition) is 1. The van der Waals surface area contributed by atoms with Crippen LogP contribution in [0.4, 0.5) is 5.69 Å². The Morgan fingerprint density at radius 1 is 1.19 bits per heavy atom. The van der Waals surface area contributed by atoms with Crippen molar-refractivity contribution in [2.45, 2.75) is 25.7 Å². The lowest BCUT2D eigenvalue weighted by Gasteiger charge is -2.14. The Kier molecular flexibility index (Phi) is 3.40. The third-order valence-corrected chi connectivity index (χ3v) is 4.06. The molecule has 1 aliphatic rings. The lowest BCUT2D eigenvalue weighted by atomic mass is 9.84. The molecule has 2 aromatic rings. The van der Waals surface area contributed by atoms with E-state index < -0.39 is 0 Å². The van der Waals surface area contributed by atoms with Crippen LogP contribution in [0.3, 0.4) is 0 Å². The molecule has 0 bridgehead atoms. The Hall–Kier alpha value is -2.32. The van der Waals surface area contributed by atoms with E-state index in [2.05, 4.69) is 71.1 Å². The average Bonchev–Trinajstić information content (AvgIpc) is 2.75. The zero-order chi connectivity index (χ0) is 14.9. The molecule has 0 saturated carbocycles. The lowest BCUT2D eigenvalue weighted by molar-refractivity contribution is -0.433. The summed E-state index contributed by atoms with van der Waals surface area (Å²) in [6, 6.07) is 12.9. The van der Waals surface area contributed by atoms with Crippen LogP contribution >= 0.6 is 0 Å². The molecule has 2 aromatic carbocycles. The van der Waals surface area contributed by atoms with Crippen LogP contribution in [0.25, 0.3) is 21.2 Å². The first-order chi connectivity index (χ1) is 10.1. The summed E-state index contributed by atoms with van der Waals surface area (Å²) in [5, 5.41) is 6.23. The van der Waals surface area contributed by atoms with Gasteiger partial charge in [-0.15, -0.1) is 0 Å². The van der Waals surface area contributed by atoms with Crippen molar-refractivity contribution < 1.29 is 4.58 Å². The first kappa shape index (κ1) is 13.7. The minimum atomic E-state index is 0.0225. The minimum absolute atomic E-state index is 0.0225. The highest BCUT2D eigenvalue weighted by molar-refractivity contribution is 5.95. The zero-order valence-corrected chi connectivity index (χ0v) is 12.5. The third-order valence-electron chi connectivity index (χ3n) is 4.06. The molecule has 4 nitrogen and oxygen atoms in total. The van der Waals surface area contributed by atoms with Gasteiger partial charge in [0.05, 0.1) is 5.41 Å². The molecule has 0 atom stereocenters. The van der Waals surface area contributed by atoms with Crippen molar-refractivity contribution in [3.05, 3.63) is 52.4 Å². The van der Waals surface area contributed by atoms with Crippen molar-refractivity contribution >= 4 is 22.7 Å². The van der Waals surface area contributed by atoms with Gasteiger partial charge in [0.15, 0.2) is 6.21 Å². The molecule has 0 radical (unpaired) electrons. The number of nitrogens with zero attached hydrogens (tertiary/aromatic N) is 4. The Balaban J connectivity index is 2.02. The predicted octanol–water partition coefficient (Wildman–Crippen LogP) is 4.55. The van der Waals surface area contributed by atoms with E-state index in [4.69, 9.17) is 5.53 Å². The van der Waals surface area contributed by atoms with Crippen molar-refractivity contribution in [1.29, 1.82) is 0 Å². The van der Waals surface area contributed by atoms with Crippen molar-refractivity contribution in [3.63, 3.8) is 0 Å². The van der Waals surface area contributed by atoms with Gasteiger partial charge in [-0.05, 0) is 36.2 Å². The first-order valence-corrected chi connectivity index (χ1v) is 7.29. The maximum atomic E-state index is 8.35. The van der Waals surface area contributed by atoms with Crippen molar-refractivity contribution in [2.24, 2.45) is 5.11 Å². The van der Waals surface area contributed by atoms with E-state index in [9.17, 15) is 0 Å². The standard InChI is InChI=1S/C17H19N4/c1-17(2)12-21(11-5-10-19-20-18)15-9-8-13-6-3-4-7-14(13)16(15)17/h3-4,6-9,12H,5,10-11H2,1-2H3/q+1. The predicted molar refractivity (Wildman–Crippen MR) is 86.5 cm³/mol. The normalized spacial score (nSPS) is 15.4. The summed E-state index contributed by atoms with van der Waals surface area (Å²) in [4.78, 5) is 2.81. The summed E-state index contributed by atoms with van der Waals surface area (Å²) in [5.74, 6) is 0. The van der Waals surface area contributed by atoms with Gasteiger partial charge in [-0.1, -0.05) is 29.4 Å². The number of azide groups is 1. The van der Waals surface area contributed by atoms with E-state index >= 15 is 0 Å². The summed E-state index contributed by atoms with van der Waals surface area (Å²) in [5.41, 5.74) is 11.0. The fraction of sp³-hybridized carbons (Fsp3) is 0.353. The molecule has 0 fully saturated rings. The second-order valence-electron chi connectivity index (χ2n) is 6.03. The molecule has 4 heteroatoms. The van der Waals surface area contributed by atoms with Gasteiger partial charge in [-0.25, -0.2) is 4.58 Å².